The second-order valence-electron chi connectivity index (χ2n) is 5.38. The van der Waals surface area contributed by atoms with Crippen molar-refractivity contribution in [2.45, 2.75) is 6.92 Å². The molecule has 4 aromatic rings. The lowest BCUT2D eigenvalue weighted by Gasteiger charge is -2.00. The molecule has 0 unspecified atom stereocenters. The summed E-state index contributed by atoms with van der Waals surface area (Å²) in [6.45, 7) is 2.01. The van der Waals surface area contributed by atoms with Crippen molar-refractivity contribution in [2.24, 2.45) is 0 Å². The number of oxazole rings is 1. The Labute approximate surface area is 142 Å². The number of hydrogen-bond acceptors (Lipinski definition) is 4. The Morgan fingerprint density at radius 1 is 0.875 bits per heavy atom. The van der Waals surface area contributed by atoms with Crippen LogP contribution in [0.1, 0.15) is 5.56 Å². The summed E-state index contributed by atoms with van der Waals surface area (Å²) in [6, 6.07) is 13.7. The first-order valence-corrected chi connectivity index (χ1v) is 7.65. The van der Waals surface area contributed by atoms with E-state index in [0.29, 0.717) is 28.5 Å². The van der Waals surface area contributed by atoms with Gasteiger partial charge in [-0.3, -0.25) is 0 Å². The summed E-state index contributed by atoms with van der Waals surface area (Å²) in [6.07, 6.45) is 0. The molecule has 2 aromatic heterocycles. The van der Waals surface area contributed by atoms with Gasteiger partial charge >= 0.3 is 0 Å². The van der Waals surface area contributed by atoms with Gasteiger partial charge in [0.1, 0.15) is 5.82 Å². The monoisotopic (exact) mass is 339 g/mol. The van der Waals surface area contributed by atoms with Gasteiger partial charge in [0.2, 0.25) is 17.1 Å². The smallest absolute Gasteiger partial charge is 0.229 e. The van der Waals surface area contributed by atoms with Gasteiger partial charge in [-0.15, -0.1) is 0 Å². The first-order valence-electron chi connectivity index (χ1n) is 7.27. The fraction of sp³-hybridized carbons (Fsp3) is 0.0556. The maximum atomic E-state index is 13.1. The normalized spacial score (nSPS) is 11.1. The molecule has 0 spiro atoms. The molecule has 6 heteroatoms. The average Bonchev–Trinajstić information content (AvgIpc) is 3.01. The molecule has 0 aliphatic heterocycles. The number of aryl methyl sites for hydroxylation is 1. The molecule has 4 nitrogen and oxygen atoms in total. The van der Waals surface area contributed by atoms with Gasteiger partial charge in [0.15, 0.2) is 11.0 Å². The molecular formula is C18H11ClFN3O. The number of halogens is 2. The number of aromatic nitrogens is 3. The van der Waals surface area contributed by atoms with Crippen molar-refractivity contribution in [2.75, 3.05) is 0 Å². The van der Waals surface area contributed by atoms with E-state index in [-0.39, 0.29) is 11.0 Å². The van der Waals surface area contributed by atoms with Gasteiger partial charge in [-0.1, -0.05) is 29.3 Å². The van der Waals surface area contributed by atoms with E-state index in [9.17, 15) is 4.39 Å². The van der Waals surface area contributed by atoms with Crippen LogP contribution in [0.3, 0.4) is 0 Å². The lowest BCUT2D eigenvalue weighted by Crippen LogP contribution is -1.91. The van der Waals surface area contributed by atoms with Crippen LogP contribution in [0.4, 0.5) is 4.39 Å². The molecule has 0 aliphatic rings. The minimum Gasteiger partial charge on any atom is -0.431 e. The molecule has 118 valence electrons. The van der Waals surface area contributed by atoms with E-state index < -0.39 is 0 Å². The Balaban J connectivity index is 1.83. The lowest BCUT2D eigenvalue weighted by molar-refractivity contribution is 0.618. The van der Waals surface area contributed by atoms with E-state index >= 15 is 0 Å². The third-order valence-corrected chi connectivity index (χ3v) is 3.87. The van der Waals surface area contributed by atoms with E-state index in [1.807, 2.05) is 31.2 Å². The van der Waals surface area contributed by atoms with Crippen LogP contribution in [-0.4, -0.2) is 15.0 Å². The van der Waals surface area contributed by atoms with E-state index in [2.05, 4.69) is 15.0 Å². The zero-order valence-corrected chi connectivity index (χ0v) is 13.4. The molecule has 0 aliphatic carbocycles. The Hall–Kier alpha value is -2.79. The fourth-order valence-electron chi connectivity index (χ4n) is 2.34. The molecule has 0 radical (unpaired) electrons. The molecule has 24 heavy (non-hydrogen) atoms. The van der Waals surface area contributed by atoms with Crippen molar-refractivity contribution >= 4 is 22.8 Å². The summed E-state index contributed by atoms with van der Waals surface area (Å²) in [4.78, 5) is 13.0. The summed E-state index contributed by atoms with van der Waals surface area (Å²) >= 11 is 6.21. The summed E-state index contributed by atoms with van der Waals surface area (Å²) in [5.41, 5.74) is 3.33. The van der Waals surface area contributed by atoms with Gasteiger partial charge in [-0.05, 0) is 43.3 Å². The molecule has 0 fully saturated rings. The maximum Gasteiger partial charge on any atom is 0.229 e. The number of benzene rings is 2. The maximum absolute atomic E-state index is 13.1. The highest BCUT2D eigenvalue weighted by Crippen LogP contribution is 2.29. The highest BCUT2D eigenvalue weighted by atomic mass is 35.5. The van der Waals surface area contributed by atoms with E-state index in [1.54, 1.807) is 12.1 Å². The quantitative estimate of drug-likeness (QED) is 0.479. The van der Waals surface area contributed by atoms with Crippen LogP contribution >= 0.6 is 11.6 Å². The lowest BCUT2D eigenvalue weighted by atomic mass is 10.1. The molecule has 0 saturated carbocycles. The van der Waals surface area contributed by atoms with Crippen LogP contribution < -0.4 is 0 Å². The molecule has 4 rings (SSSR count). The largest absolute Gasteiger partial charge is 0.431 e. The summed E-state index contributed by atoms with van der Waals surface area (Å²) in [7, 11) is 0. The van der Waals surface area contributed by atoms with Gasteiger partial charge in [0, 0.05) is 11.1 Å². The van der Waals surface area contributed by atoms with Crippen molar-refractivity contribution < 1.29 is 8.81 Å². The number of rotatable bonds is 2. The molecule has 2 aromatic carbocycles. The Morgan fingerprint density at radius 2 is 1.54 bits per heavy atom. The van der Waals surface area contributed by atoms with Gasteiger partial charge in [-0.25, -0.2) is 14.4 Å². The summed E-state index contributed by atoms with van der Waals surface area (Å²) in [5, 5.41) is 0.171. The first kappa shape index (κ1) is 14.8. The Morgan fingerprint density at radius 3 is 2.25 bits per heavy atom. The van der Waals surface area contributed by atoms with Crippen molar-refractivity contribution in [1.29, 1.82) is 0 Å². The molecular weight excluding hydrogens is 329 g/mol. The molecule has 0 atom stereocenters. The van der Waals surface area contributed by atoms with Crippen LogP contribution in [0.25, 0.3) is 34.1 Å². The van der Waals surface area contributed by atoms with Gasteiger partial charge in [0.05, 0.1) is 0 Å². The predicted octanol–water partition coefficient (Wildman–Crippen LogP) is 5.05. The first-order chi connectivity index (χ1) is 11.6. The third kappa shape index (κ3) is 2.63. The zero-order chi connectivity index (χ0) is 16.7. The van der Waals surface area contributed by atoms with Crippen LogP contribution in [0, 0.1) is 12.7 Å². The SMILES string of the molecule is Cc1ccc(-c2nc3nc(-c4ccc(F)cc4)nc(Cl)c3o2)cc1. The van der Waals surface area contributed by atoms with Crippen LogP contribution in [0.5, 0.6) is 0 Å². The molecule has 2 heterocycles. The highest BCUT2D eigenvalue weighted by Gasteiger charge is 2.16. The fourth-order valence-corrected chi connectivity index (χ4v) is 2.54. The topological polar surface area (TPSA) is 51.8 Å². The third-order valence-electron chi connectivity index (χ3n) is 3.61. The highest BCUT2D eigenvalue weighted by molar-refractivity contribution is 6.33. The van der Waals surface area contributed by atoms with Crippen molar-refractivity contribution in [3.05, 3.63) is 65.1 Å². The van der Waals surface area contributed by atoms with Gasteiger partial charge in [-0.2, -0.15) is 4.98 Å². The van der Waals surface area contributed by atoms with Gasteiger partial charge in [0.25, 0.3) is 0 Å². The predicted molar refractivity (Wildman–Crippen MR) is 90.2 cm³/mol. The number of fused-ring (bicyclic) bond motifs is 1. The standard InChI is InChI=1S/C18H11ClFN3O/c1-10-2-4-12(5-3-10)18-23-17-14(24-18)15(19)21-16(22-17)11-6-8-13(20)9-7-11/h2-9H,1H3. The van der Waals surface area contributed by atoms with E-state index in [0.717, 1.165) is 11.1 Å². The molecule has 0 bridgehead atoms. The molecule has 0 saturated heterocycles. The second-order valence-corrected chi connectivity index (χ2v) is 5.74. The summed E-state index contributed by atoms with van der Waals surface area (Å²) < 4.78 is 18.8. The van der Waals surface area contributed by atoms with Crippen molar-refractivity contribution in [1.82, 2.24) is 15.0 Å². The van der Waals surface area contributed by atoms with Gasteiger partial charge < -0.3 is 4.42 Å². The molecule has 0 N–H and O–H groups in total. The van der Waals surface area contributed by atoms with E-state index in [4.69, 9.17) is 16.0 Å². The van der Waals surface area contributed by atoms with Crippen molar-refractivity contribution in [3.8, 4) is 22.8 Å². The Kier molecular flexibility index (Phi) is 3.50. The minimum absolute atomic E-state index is 0.171. The molecule has 0 amide bonds. The van der Waals surface area contributed by atoms with Crippen LogP contribution in [-0.2, 0) is 0 Å². The van der Waals surface area contributed by atoms with E-state index in [1.165, 1.54) is 12.1 Å². The zero-order valence-electron chi connectivity index (χ0n) is 12.6. The minimum atomic E-state index is -0.325. The number of hydrogen-bond donors (Lipinski definition) is 0. The van der Waals surface area contributed by atoms with Crippen molar-refractivity contribution in [3.63, 3.8) is 0 Å². The Bertz CT molecular complexity index is 1030. The van der Waals surface area contributed by atoms with Crippen LogP contribution in [0.15, 0.2) is 52.9 Å². The second kappa shape index (κ2) is 5.69. The number of nitrogens with zero attached hydrogens (tertiary/aromatic N) is 3. The summed E-state index contributed by atoms with van der Waals surface area (Å²) in [5.74, 6) is 0.475. The van der Waals surface area contributed by atoms with Crippen LogP contribution in [0.2, 0.25) is 5.15 Å². The average molecular weight is 340 g/mol.